The molecule has 1 saturated heterocycles. The molecule has 1 aromatic carbocycles. The number of benzene rings is 1. The number of aliphatic carboxylic acids is 1. The third kappa shape index (κ3) is 2.39. The Balaban J connectivity index is 2.13. The summed E-state index contributed by atoms with van der Waals surface area (Å²) in [6.07, 6.45) is 5.33. The third-order valence-corrected chi connectivity index (χ3v) is 5.38. The largest absolute Gasteiger partial charge is 0.477 e. The second-order valence-corrected chi connectivity index (χ2v) is 6.58. The Morgan fingerprint density at radius 3 is 2.50 bits per heavy atom. The van der Waals surface area contributed by atoms with Gasteiger partial charge < -0.3 is 10.4 Å². The summed E-state index contributed by atoms with van der Waals surface area (Å²) in [5, 5.41) is 12.5. The van der Waals surface area contributed by atoms with Gasteiger partial charge in [0.15, 0.2) is 13.1 Å². The molecule has 2 aliphatic rings. The van der Waals surface area contributed by atoms with Gasteiger partial charge in [0.25, 0.3) is 5.91 Å². The standard InChI is InChI=1S/C17H22N2O3/c20-15-11-19(12-16(21)22,14-7-3-1-4-8-14)17(13-18-15)9-5-2-6-10-17/h1,3-4,7-8H,2,5-6,9-13H2,(H-,18,20,21,22)/p+1. The number of nitrogens with zero attached hydrogens (tertiary/aromatic N) is 1. The molecule has 1 aromatic rings. The average Bonchev–Trinajstić information content (AvgIpc) is 2.52. The third-order valence-electron chi connectivity index (χ3n) is 5.38. The fourth-order valence-electron chi connectivity index (χ4n) is 4.32. The van der Waals surface area contributed by atoms with Crippen molar-refractivity contribution < 1.29 is 14.7 Å². The van der Waals surface area contributed by atoms with Crippen LogP contribution in [-0.2, 0) is 9.59 Å². The van der Waals surface area contributed by atoms with Crippen LogP contribution >= 0.6 is 0 Å². The highest BCUT2D eigenvalue weighted by Crippen LogP contribution is 2.43. The molecule has 1 amide bonds. The minimum atomic E-state index is -0.844. The first-order valence-electron chi connectivity index (χ1n) is 7.99. The predicted octanol–water partition coefficient (Wildman–Crippen LogP) is 1.91. The van der Waals surface area contributed by atoms with Crippen LogP contribution in [0.3, 0.4) is 0 Å². The minimum Gasteiger partial charge on any atom is -0.477 e. The van der Waals surface area contributed by atoms with Gasteiger partial charge in [-0.15, -0.1) is 0 Å². The molecule has 5 nitrogen and oxygen atoms in total. The number of hydrogen-bond donors (Lipinski definition) is 2. The maximum atomic E-state index is 12.1. The van der Waals surface area contributed by atoms with Gasteiger partial charge >= 0.3 is 5.97 Å². The van der Waals surface area contributed by atoms with Crippen molar-refractivity contribution in [3.05, 3.63) is 30.3 Å². The van der Waals surface area contributed by atoms with Crippen LogP contribution in [0.15, 0.2) is 30.3 Å². The van der Waals surface area contributed by atoms with E-state index in [-0.39, 0.29) is 29.0 Å². The summed E-state index contributed by atoms with van der Waals surface area (Å²) in [6, 6.07) is 9.73. The Morgan fingerprint density at radius 1 is 1.18 bits per heavy atom. The summed E-state index contributed by atoms with van der Waals surface area (Å²) in [5.74, 6) is -0.898. The lowest BCUT2D eigenvalue weighted by molar-refractivity contribution is -0.143. The van der Waals surface area contributed by atoms with E-state index in [9.17, 15) is 14.7 Å². The minimum absolute atomic E-state index is 0.0303. The predicted molar refractivity (Wildman–Crippen MR) is 84.4 cm³/mol. The molecule has 1 atom stereocenters. The zero-order valence-electron chi connectivity index (χ0n) is 12.8. The highest BCUT2D eigenvalue weighted by atomic mass is 16.4. The summed E-state index contributed by atoms with van der Waals surface area (Å²) in [6.45, 7) is 0.766. The molecule has 0 bridgehead atoms. The van der Waals surface area contributed by atoms with Gasteiger partial charge in [-0.3, -0.25) is 9.28 Å². The van der Waals surface area contributed by atoms with Crippen LogP contribution in [0, 0.1) is 0 Å². The van der Waals surface area contributed by atoms with E-state index in [1.54, 1.807) is 0 Å². The Kier molecular flexibility index (Phi) is 3.91. The summed E-state index contributed by atoms with van der Waals surface area (Å²) in [7, 11) is 0. The highest BCUT2D eigenvalue weighted by Gasteiger charge is 2.57. The zero-order chi connectivity index (χ0) is 15.6. The van der Waals surface area contributed by atoms with Crippen molar-refractivity contribution in [3.63, 3.8) is 0 Å². The molecule has 0 radical (unpaired) electrons. The molecule has 2 N–H and O–H groups in total. The molecule has 1 spiro atoms. The van der Waals surface area contributed by atoms with Gasteiger partial charge in [0, 0.05) is 12.8 Å². The first kappa shape index (κ1) is 15.0. The van der Waals surface area contributed by atoms with Gasteiger partial charge in [-0.25, -0.2) is 4.79 Å². The van der Waals surface area contributed by atoms with E-state index in [2.05, 4.69) is 5.32 Å². The molecule has 1 aliphatic carbocycles. The van der Waals surface area contributed by atoms with Crippen molar-refractivity contribution in [2.75, 3.05) is 19.6 Å². The van der Waals surface area contributed by atoms with Crippen LogP contribution in [0.2, 0.25) is 0 Å². The SMILES string of the molecule is O=C(O)C[N+]1(c2ccccc2)CC(=O)NCC12CCCCC2. The van der Waals surface area contributed by atoms with E-state index < -0.39 is 5.97 Å². The van der Waals surface area contributed by atoms with Gasteiger partial charge in [-0.1, -0.05) is 24.6 Å². The van der Waals surface area contributed by atoms with E-state index in [1.807, 2.05) is 30.3 Å². The van der Waals surface area contributed by atoms with Gasteiger partial charge in [-0.05, 0) is 25.0 Å². The maximum absolute atomic E-state index is 12.1. The number of nitrogens with one attached hydrogen (secondary N) is 1. The topological polar surface area (TPSA) is 66.4 Å². The van der Waals surface area contributed by atoms with Crippen molar-refractivity contribution in [3.8, 4) is 0 Å². The zero-order valence-corrected chi connectivity index (χ0v) is 12.8. The quantitative estimate of drug-likeness (QED) is 0.838. The van der Waals surface area contributed by atoms with Gasteiger partial charge in [0.2, 0.25) is 0 Å². The lowest BCUT2D eigenvalue weighted by Gasteiger charge is -2.55. The number of carbonyl (C=O) groups excluding carboxylic acids is 1. The monoisotopic (exact) mass is 303 g/mol. The molecule has 5 heteroatoms. The highest BCUT2D eigenvalue weighted by molar-refractivity contribution is 5.84. The fraction of sp³-hybridized carbons (Fsp3) is 0.529. The van der Waals surface area contributed by atoms with Crippen molar-refractivity contribution in [2.24, 2.45) is 0 Å². The summed E-state index contributed by atoms with van der Waals surface area (Å²) in [4.78, 5) is 23.8. The molecule has 1 aliphatic heterocycles. The smallest absolute Gasteiger partial charge is 0.359 e. The fourth-order valence-corrected chi connectivity index (χ4v) is 4.32. The number of amides is 1. The molecule has 0 aromatic heterocycles. The Labute approximate surface area is 130 Å². The van der Waals surface area contributed by atoms with Gasteiger partial charge in [-0.2, -0.15) is 0 Å². The number of quaternary nitrogens is 1. The van der Waals surface area contributed by atoms with Crippen LogP contribution in [0.1, 0.15) is 32.1 Å². The first-order chi connectivity index (χ1) is 10.6. The lowest BCUT2D eigenvalue weighted by atomic mass is 9.76. The van der Waals surface area contributed by atoms with E-state index >= 15 is 0 Å². The van der Waals surface area contributed by atoms with Crippen molar-refractivity contribution in [2.45, 2.75) is 37.6 Å². The molecule has 1 heterocycles. The van der Waals surface area contributed by atoms with Crippen LogP contribution < -0.4 is 9.80 Å². The number of carbonyl (C=O) groups is 2. The summed E-state index contributed by atoms with van der Waals surface area (Å²) in [5.41, 5.74) is 0.757. The number of rotatable bonds is 3. The van der Waals surface area contributed by atoms with Crippen LogP contribution in [0.25, 0.3) is 0 Å². The Hall–Kier alpha value is -1.88. The van der Waals surface area contributed by atoms with E-state index in [0.717, 1.165) is 31.4 Å². The average molecular weight is 303 g/mol. The lowest BCUT2D eigenvalue weighted by Crippen LogP contribution is -2.77. The van der Waals surface area contributed by atoms with E-state index in [0.29, 0.717) is 6.54 Å². The first-order valence-corrected chi connectivity index (χ1v) is 7.99. The van der Waals surface area contributed by atoms with Crippen LogP contribution in [0.4, 0.5) is 5.69 Å². The Bertz CT molecular complexity index is 563. The van der Waals surface area contributed by atoms with Gasteiger partial charge in [0.05, 0.1) is 6.54 Å². The molecule has 1 saturated carbocycles. The summed E-state index contributed by atoms with van der Waals surface area (Å²) < 4.78 is 0.259. The second-order valence-electron chi connectivity index (χ2n) is 6.58. The normalized spacial score (nSPS) is 27.4. The molecule has 1 unspecified atom stereocenters. The molecule has 22 heavy (non-hydrogen) atoms. The van der Waals surface area contributed by atoms with Crippen molar-refractivity contribution >= 4 is 17.6 Å². The van der Waals surface area contributed by atoms with Gasteiger partial charge in [0.1, 0.15) is 11.2 Å². The number of piperazine rings is 1. The van der Waals surface area contributed by atoms with E-state index in [4.69, 9.17) is 0 Å². The van der Waals surface area contributed by atoms with Crippen molar-refractivity contribution in [1.29, 1.82) is 0 Å². The number of carboxylic acid groups (broad SMARTS) is 1. The number of hydrogen-bond acceptors (Lipinski definition) is 2. The number of para-hydroxylation sites is 1. The Morgan fingerprint density at radius 2 is 1.86 bits per heavy atom. The molecule has 2 fully saturated rings. The molecular formula is C17H23N2O3+. The maximum Gasteiger partial charge on any atom is 0.359 e. The van der Waals surface area contributed by atoms with E-state index in [1.165, 1.54) is 6.42 Å². The second kappa shape index (κ2) is 5.72. The van der Waals surface area contributed by atoms with Crippen molar-refractivity contribution in [1.82, 2.24) is 9.80 Å². The summed E-state index contributed by atoms with van der Waals surface area (Å²) >= 11 is 0. The number of carboxylic acids is 1. The molecular weight excluding hydrogens is 280 g/mol. The van der Waals surface area contributed by atoms with Crippen LogP contribution in [0.5, 0.6) is 0 Å². The molecule has 118 valence electrons. The molecule has 3 rings (SSSR count). The van der Waals surface area contributed by atoms with Crippen LogP contribution in [-0.4, -0.2) is 42.2 Å².